The van der Waals surface area contributed by atoms with Crippen LogP contribution in [0, 0.1) is 5.82 Å². The van der Waals surface area contributed by atoms with Crippen molar-refractivity contribution in [3.8, 4) is 0 Å². The molecule has 18 heavy (non-hydrogen) atoms. The van der Waals surface area contributed by atoms with Crippen LogP contribution in [-0.2, 0) is 10.2 Å². The highest BCUT2D eigenvalue weighted by Crippen LogP contribution is 2.14. The van der Waals surface area contributed by atoms with Crippen molar-refractivity contribution in [1.29, 1.82) is 0 Å². The van der Waals surface area contributed by atoms with Crippen molar-refractivity contribution in [2.45, 2.75) is 26.8 Å². The van der Waals surface area contributed by atoms with Crippen LogP contribution in [0.15, 0.2) is 24.3 Å². The third kappa shape index (κ3) is 3.76. The van der Waals surface area contributed by atoms with Crippen LogP contribution in [0.1, 0.15) is 32.4 Å². The fourth-order valence-electron chi connectivity index (χ4n) is 1.68. The first-order valence-corrected chi connectivity index (χ1v) is 7.37. The van der Waals surface area contributed by atoms with Gasteiger partial charge in [0.2, 0.25) is 0 Å². The minimum atomic E-state index is -3.49. The molecule has 0 bridgehead atoms. The van der Waals surface area contributed by atoms with E-state index in [0.717, 1.165) is 5.56 Å². The Hall–Kier alpha value is -0.980. The lowest BCUT2D eigenvalue weighted by Crippen LogP contribution is -2.41. The third-order valence-corrected chi connectivity index (χ3v) is 4.59. The smallest absolute Gasteiger partial charge is 0.207 e. The highest BCUT2D eigenvalue weighted by Gasteiger charge is 2.21. The van der Waals surface area contributed by atoms with Crippen molar-refractivity contribution in [2.24, 2.45) is 0 Å². The van der Waals surface area contributed by atoms with Gasteiger partial charge in [-0.15, -0.1) is 0 Å². The average Bonchev–Trinajstić information content (AvgIpc) is 2.30. The van der Waals surface area contributed by atoms with Crippen LogP contribution in [0.4, 0.5) is 4.39 Å². The number of nitrogens with zero attached hydrogens (tertiary/aromatic N) is 1. The van der Waals surface area contributed by atoms with E-state index >= 15 is 0 Å². The zero-order chi connectivity index (χ0) is 13.8. The lowest BCUT2D eigenvalue weighted by atomic mass is 10.1. The van der Waals surface area contributed by atoms with Gasteiger partial charge in [0.15, 0.2) is 0 Å². The minimum Gasteiger partial charge on any atom is -0.207 e. The summed E-state index contributed by atoms with van der Waals surface area (Å²) < 4.78 is 40.7. The molecule has 0 spiro atoms. The van der Waals surface area contributed by atoms with Crippen LogP contribution >= 0.6 is 0 Å². The molecule has 6 heteroatoms. The maximum absolute atomic E-state index is 12.8. The summed E-state index contributed by atoms with van der Waals surface area (Å²) in [6.07, 6.45) is 0. The first-order chi connectivity index (χ1) is 8.40. The van der Waals surface area contributed by atoms with Crippen LogP contribution in [-0.4, -0.2) is 25.8 Å². The molecule has 1 N–H and O–H groups in total. The molecular weight excluding hydrogens is 255 g/mol. The van der Waals surface area contributed by atoms with E-state index in [1.165, 1.54) is 16.4 Å². The standard InChI is InChI=1S/C12H19FN2O2S/c1-4-15(5-2)18(16,17)14-10(3)11-6-8-12(13)9-7-11/h6-10,14H,4-5H2,1-3H3. The van der Waals surface area contributed by atoms with Crippen LogP contribution in [0.25, 0.3) is 0 Å². The number of hydrogen-bond acceptors (Lipinski definition) is 2. The quantitative estimate of drug-likeness (QED) is 0.863. The number of benzene rings is 1. The summed E-state index contributed by atoms with van der Waals surface area (Å²) in [5.74, 6) is -0.336. The van der Waals surface area contributed by atoms with E-state index in [9.17, 15) is 12.8 Å². The van der Waals surface area contributed by atoms with E-state index in [0.29, 0.717) is 13.1 Å². The molecule has 0 aromatic heterocycles. The molecule has 1 rings (SSSR count). The maximum atomic E-state index is 12.8. The Labute approximate surface area is 108 Å². The number of nitrogens with one attached hydrogen (secondary N) is 1. The Morgan fingerprint density at radius 2 is 1.72 bits per heavy atom. The van der Waals surface area contributed by atoms with Gasteiger partial charge in [-0.2, -0.15) is 17.4 Å². The third-order valence-electron chi connectivity index (χ3n) is 2.74. The van der Waals surface area contributed by atoms with Crippen LogP contribution in [0.3, 0.4) is 0 Å². The van der Waals surface area contributed by atoms with Crippen molar-refractivity contribution in [3.05, 3.63) is 35.6 Å². The van der Waals surface area contributed by atoms with Crippen LogP contribution in [0.2, 0.25) is 0 Å². The van der Waals surface area contributed by atoms with E-state index in [2.05, 4.69) is 4.72 Å². The van der Waals surface area contributed by atoms with Crippen LogP contribution < -0.4 is 4.72 Å². The van der Waals surface area contributed by atoms with E-state index in [1.54, 1.807) is 32.9 Å². The molecule has 0 amide bonds. The molecule has 0 aliphatic rings. The second-order valence-corrected chi connectivity index (χ2v) is 5.68. The second kappa shape index (κ2) is 6.26. The number of hydrogen-bond donors (Lipinski definition) is 1. The van der Waals surface area contributed by atoms with Gasteiger partial charge < -0.3 is 0 Å². The summed E-state index contributed by atoms with van der Waals surface area (Å²) in [7, 11) is -3.49. The molecule has 0 saturated heterocycles. The topological polar surface area (TPSA) is 49.4 Å². The van der Waals surface area contributed by atoms with Crippen LogP contribution in [0.5, 0.6) is 0 Å². The van der Waals surface area contributed by atoms with Gasteiger partial charge in [-0.25, -0.2) is 4.39 Å². The fraction of sp³-hybridized carbons (Fsp3) is 0.500. The molecule has 1 atom stereocenters. The Bertz CT molecular complexity index is 469. The molecule has 4 nitrogen and oxygen atoms in total. The predicted molar refractivity (Wildman–Crippen MR) is 69.8 cm³/mol. The zero-order valence-corrected chi connectivity index (χ0v) is 11.7. The van der Waals surface area contributed by atoms with Gasteiger partial charge >= 0.3 is 0 Å². The Balaban J connectivity index is 2.81. The normalized spacial score (nSPS) is 13.8. The molecule has 0 heterocycles. The molecule has 0 aliphatic carbocycles. The molecule has 0 fully saturated rings. The highest BCUT2D eigenvalue weighted by atomic mass is 32.2. The first kappa shape index (κ1) is 15.1. The maximum Gasteiger partial charge on any atom is 0.279 e. The Morgan fingerprint density at radius 3 is 2.17 bits per heavy atom. The van der Waals surface area contributed by atoms with Crippen molar-refractivity contribution < 1.29 is 12.8 Å². The van der Waals surface area contributed by atoms with Crippen molar-refractivity contribution in [2.75, 3.05) is 13.1 Å². The van der Waals surface area contributed by atoms with Crippen molar-refractivity contribution in [1.82, 2.24) is 9.03 Å². The average molecular weight is 274 g/mol. The van der Waals surface area contributed by atoms with Gasteiger partial charge in [0.1, 0.15) is 5.82 Å². The first-order valence-electron chi connectivity index (χ1n) is 5.93. The highest BCUT2D eigenvalue weighted by molar-refractivity contribution is 7.87. The largest absolute Gasteiger partial charge is 0.279 e. The zero-order valence-electron chi connectivity index (χ0n) is 10.9. The number of halogens is 1. The van der Waals surface area contributed by atoms with E-state index in [4.69, 9.17) is 0 Å². The predicted octanol–water partition coefficient (Wildman–Crippen LogP) is 2.06. The second-order valence-electron chi connectivity index (χ2n) is 3.98. The SMILES string of the molecule is CCN(CC)S(=O)(=O)NC(C)c1ccc(F)cc1. The Kier molecular flexibility index (Phi) is 5.25. The molecular formula is C12H19FN2O2S. The summed E-state index contributed by atoms with van der Waals surface area (Å²) in [6, 6.07) is 5.39. The van der Waals surface area contributed by atoms with Gasteiger partial charge in [-0.3, -0.25) is 0 Å². The molecule has 0 saturated carbocycles. The van der Waals surface area contributed by atoms with Gasteiger partial charge in [0.25, 0.3) is 10.2 Å². The van der Waals surface area contributed by atoms with E-state index < -0.39 is 16.3 Å². The molecule has 1 aromatic carbocycles. The van der Waals surface area contributed by atoms with Crippen molar-refractivity contribution >= 4 is 10.2 Å². The van der Waals surface area contributed by atoms with E-state index in [1.807, 2.05) is 0 Å². The van der Waals surface area contributed by atoms with Gasteiger partial charge in [0.05, 0.1) is 0 Å². The molecule has 102 valence electrons. The molecule has 1 aromatic rings. The van der Waals surface area contributed by atoms with Gasteiger partial charge in [0, 0.05) is 19.1 Å². The Morgan fingerprint density at radius 1 is 1.22 bits per heavy atom. The summed E-state index contributed by atoms with van der Waals surface area (Å²) in [4.78, 5) is 0. The summed E-state index contributed by atoms with van der Waals surface area (Å²) in [5.41, 5.74) is 0.729. The lowest BCUT2D eigenvalue weighted by molar-refractivity contribution is 0.429. The van der Waals surface area contributed by atoms with Crippen molar-refractivity contribution in [3.63, 3.8) is 0 Å². The van der Waals surface area contributed by atoms with Gasteiger partial charge in [-0.05, 0) is 24.6 Å². The van der Waals surface area contributed by atoms with Gasteiger partial charge in [-0.1, -0.05) is 26.0 Å². The molecule has 0 aliphatic heterocycles. The summed E-state index contributed by atoms with van der Waals surface area (Å²) in [6.45, 7) is 6.13. The van der Waals surface area contributed by atoms with E-state index in [-0.39, 0.29) is 5.82 Å². The monoisotopic (exact) mass is 274 g/mol. The number of rotatable bonds is 6. The lowest BCUT2D eigenvalue weighted by Gasteiger charge is -2.22. The summed E-state index contributed by atoms with van der Waals surface area (Å²) in [5, 5.41) is 0. The molecule has 0 radical (unpaired) electrons. The molecule has 1 unspecified atom stereocenters. The minimum absolute atomic E-state index is 0.336. The fourth-order valence-corrected chi connectivity index (χ4v) is 3.09. The summed E-state index contributed by atoms with van der Waals surface area (Å²) >= 11 is 0.